The normalized spacial score (nSPS) is 12.9. The minimum Gasteiger partial charge on any atom is -0.497 e. The molecule has 1 aliphatic rings. The van der Waals surface area contributed by atoms with Gasteiger partial charge in [-0.3, -0.25) is 0 Å². The highest BCUT2D eigenvalue weighted by Crippen LogP contribution is 2.31. The number of nitrogens with zero attached hydrogens (tertiary/aromatic N) is 4. The second-order valence-electron chi connectivity index (χ2n) is 6.37. The van der Waals surface area contributed by atoms with E-state index in [0.717, 1.165) is 41.9 Å². The Morgan fingerprint density at radius 1 is 1.07 bits per heavy atom. The Bertz CT molecular complexity index is 969. The second-order valence-corrected chi connectivity index (χ2v) is 6.37. The molecule has 6 nitrogen and oxygen atoms in total. The summed E-state index contributed by atoms with van der Waals surface area (Å²) in [6.45, 7) is 3.51. The van der Waals surface area contributed by atoms with E-state index in [1.807, 2.05) is 43.3 Å². The molecule has 0 aliphatic carbocycles. The molecule has 0 radical (unpaired) electrons. The monoisotopic (exact) mass is 359 g/mol. The summed E-state index contributed by atoms with van der Waals surface area (Å²) in [5.41, 5.74) is 4.15. The highest BCUT2D eigenvalue weighted by atomic mass is 16.5. The van der Waals surface area contributed by atoms with Crippen molar-refractivity contribution in [3.05, 3.63) is 71.4 Å². The van der Waals surface area contributed by atoms with Crippen LogP contribution in [0.1, 0.15) is 22.8 Å². The maximum absolute atomic E-state index is 5.22. The molecular weight excluding hydrogens is 338 g/mol. The van der Waals surface area contributed by atoms with Gasteiger partial charge >= 0.3 is 0 Å². The number of benzene rings is 1. The summed E-state index contributed by atoms with van der Waals surface area (Å²) in [6, 6.07) is 14.1. The van der Waals surface area contributed by atoms with Crippen LogP contribution in [0.15, 0.2) is 48.7 Å². The van der Waals surface area contributed by atoms with Crippen LogP contribution in [0.2, 0.25) is 0 Å². The fraction of sp³-hybridized carbons (Fsp3) is 0.190. The molecule has 0 saturated heterocycles. The standard InChI is InChI=1S/C21H21N5O/c1-15-11-12-22-20(24-15)10-6-17-5-9-19-21(25-17)23-14-26(19)13-16-3-7-18(27-2)8-4-16/h3-12H,13-14H2,1-2H3,(H,23,25). The van der Waals surface area contributed by atoms with Crippen molar-refractivity contribution < 1.29 is 4.74 Å². The third-order valence-electron chi connectivity index (χ3n) is 4.42. The lowest BCUT2D eigenvalue weighted by atomic mass is 10.2. The Hall–Kier alpha value is -3.41. The molecule has 4 rings (SSSR count). The molecule has 2 aromatic heterocycles. The van der Waals surface area contributed by atoms with E-state index < -0.39 is 0 Å². The van der Waals surface area contributed by atoms with Crippen LogP contribution < -0.4 is 15.0 Å². The molecule has 1 N–H and O–H groups in total. The van der Waals surface area contributed by atoms with Gasteiger partial charge in [-0.25, -0.2) is 15.0 Å². The number of rotatable bonds is 5. The van der Waals surface area contributed by atoms with E-state index in [1.54, 1.807) is 13.3 Å². The van der Waals surface area contributed by atoms with E-state index in [2.05, 4.69) is 38.4 Å². The predicted molar refractivity (Wildman–Crippen MR) is 108 cm³/mol. The maximum atomic E-state index is 5.22. The number of fused-ring (bicyclic) bond motifs is 1. The van der Waals surface area contributed by atoms with Gasteiger partial charge in [-0.05, 0) is 55.0 Å². The van der Waals surface area contributed by atoms with Gasteiger partial charge in [0.15, 0.2) is 11.6 Å². The van der Waals surface area contributed by atoms with Crippen LogP contribution in [0.3, 0.4) is 0 Å². The number of hydrogen-bond acceptors (Lipinski definition) is 6. The van der Waals surface area contributed by atoms with Crippen molar-refractivity contribution in [1.29, 1.82) is 0 Å². The van der Waals surface area contributed by atoms with Gasteiger partial charge in [0.1, 0.15) is 5.75 Å². The molecule has 0 unspecified atom stereocenters. The number of nitrogens with one attached hydrogen (secondary N) is 1. The molecule has 27 heavy (non-hydrogen) atoms. The first-order valence-corrected chi connectivity index (χ1v) is 8.82. The smallest absolute Gasteiger partial charge is 0.152 e. The fourth-order valence-electron chi connectivity index (χ4n) is 3.00. The van der Waals surface area contributed by atoms with Gasteiger partial charge in [0.25, 0.3) is 0 Å². The van der Waals surface area contributed by atoms with Gasteiger partial charge in [-0.15, -0.1) is 0 Å². The van der Waals surface area contributed by atoms with E-state index in [1.165, 1.54) is 5.56 Å². The molecule has 1 aliphatic heterocycles. The second kappa shape index (κ2) is 7.45. The number of pyridine rings is 1. The average Bonchev–Trinajstić information content (AvgIpc) is 3.09. The number of ether oxygens (including phenoxy) is 1. The summed E-state index contributed by atoms with van der Waals surface area (Å²) in [4.78, 5) is 15.6. The average molecular weight is 359 g/mol. The van der Waals surface area contributed by atoms with Crippen molar-refractivity contribution in [1.82, 2.24) is 15.0 Å². The van der Waals surface area contributed by atoms with E-state index in [-0.39, 0.29) is 0 Å². The van der Waals surface area contributed by atoms with Crippen molar-refractivity contribution in [2.45, 2.75) is 13.5 Å². The van der Waals surface area contributed by atoms with Gasteiger partial charge in [0, 0.05) is 18.4 Å². The van der Waals surface area contributed by atoms with Gasteiger partial charge in [-0.1, -0.05) is 12.1 Å². The fourth-order valence-corrected chi connectivity index (χ4v) is 3.00. The number of anilines is 2. The lowest BCUT2D eigenvalue weighted by Crippen LogP contribution is -2.21. The van der Waals surface area contributed by atoms with E-state index in [4.69, 9.17) is 9.72 Å². The summed E-state index contributed by atoms with van der Waals surface area (Å²) >= 11 is 0. The first-order valence-electron chi connectivity index (χ1n) is 8.82. The molecule has 3 aromatic rings. The molecule has 0 fully saturated rings. The van der Waals surface area contributed by atoms with E-state index >= 15 is 0 Å². The van der Waals surface area contributed by atoms with E-state index in [0.29, 0.717) is 5.82 Å². The number of aromatic nitrogens is 3. The Balaban J connectivity index is 1.48. The highest BCUT2D eigenvalue weighted by Gasteiger charge is 2.19. The predicted octanol–water partition coefficient (Wildman–Crippen LogP) is 3.75. The zero-order chi connectivity index (χ0) is 18.6. The largest absolute Gasteiger partial charge is 0.497 e. The summed E-state index contributed by atoms with van der Waals surface area (Å²) in [5, 5.41) is 3.37. The topological polar surface area (TPSA) is 63.2 Å². The summed E-state index contributed by atoms with van der Waals surface area (Å²) in [5.74, 6) is 2.46. The van der Waals surface area contributed by atoms with Crippen LogP contribution in [0.5, 0.6) is 5.75 Å². The summed E-state index contributed by atoms with van der Waals surface area (Å²) < 4.78 is 5.22. The third kappa shape index (κ3) is 3.89. The Kier molecular flexibility index (Phi) is 4.70. The quantitative estimate of drug-likeness (QED) is 0.749. The molecule has 0 atom stereocenters. The van der Waals surface area contributed by atoms with Gasteiger partial charge in [0.05, 0.1) is 25.2 Å². The van der Waals surface area contributed by atoms with Crippen LogP contribution in [-0.2, 0) is 6.54 Å². The van der Waals surface area contributed by atoms with Crippen LogP contribution in [0.4, 0.5) is 11.5 Å². The summed E-state index contributed by atoms with van der Waals surface area (Å²) in [6.07, 6.45) is 5.57. The van der Waals surface area contributed by atoms with Crippen molar-refractivity contribution in [2.24, 2.45) is 0 Å². The van der Waals surface area contributed by atoms with Crippen molar-refractivity contribution in [3.8, 4) is 5.75 Å². The molecule has 0 saturated carbocycles. The Morgan fingerprint density at radius 3 is 2.70 bits per heavy atom. The van der Waals surface area contributed by atoms with Crippen molar-refractivity contribution in [3.63, 3.8) is 0 Å². The summed E-state index contributed by atoms with van der Waals surface area (Å²) in [7, 11) is 1.68. The van der Waals surface area contributed by atoms with Crippen molar-refractivity contribution in [2.75, 3.05) is 24.0 Å². The Morgan fingerprint density at radius 2 is 1.93 bits per heavy atom. The van der Waals surface area contributed by atoms with Crippen LogP contribution in [0, 0.1) is 6.92 Å². The lowest BCUT2D eigenvalue weighted by Gasteiger charge is -2.17. The molecule has 136 valence electrons. The first-order chi connectivity index (χ1) is 13.2. The van der Waals surface area contributed by atoms with Crippen molar-refractivity contribution >= 4 is 23.7 Å². The molecule has 0 bridgehead atoms. The molecule has 0 amide bonds. The molecule has 0 spiro atoms. The van der Waals surface area contributed by atoms with E-state index in [9.17, 15) is 0 Å². The lowest BCUT2D eigenvalue weighted by molar-refractivity contribution is 0.414. The van der Waals surface area contributed by atoms with Gasteiger partial charge in [0.2, 0.25) is 0 Å². The van der Waals surface area contributed by atoms with Crippen LogP contribution in [-0.4, -0.2) is 28.7 Å². The Labute approximate surface area is 158 Å². The molecule has 6 heteroatoms. The molecular formula is C21H21N5O. The zero-order valence-electron chi connectivity index (χ0n) is 15.4. The maximum Gasteiger partial charge on any atom is 0.152 e. The van der Waals surface area contributed by atoms with Crippen LogP contribution in [0.25, 0.3) is 12.2 Å². The zero-order valence-corrected chi connectivity index (χ0v) is 15.4. The number of aryl methyl sites for hydroxylation is 1. The van der Waals surface area contributed by atoms with Gasteiger partial charge < -0.3 is 15.0 Å². The van der Waals surface area contributed by atoms with Gasteiger partial charge in [-0.2, -0.15) is 0 Å². The minimum absolute atomic E-state index is 0.686. The molecule has 1 aromatic carbocycles. The first kappa shape index (κ1) is 17.0. The SMILES string of the molecule is COc1ccc(CN2CNc3nc(C=Cc4nccc(C)n4)ccc32)cc1. The number of hydrogen-bond donors (Lipinski definition) is 1. The molecule has 3 heterocycles. The minimum atomic E-state index is 0.686. The van der Waals surface area contributed by atoms with Crippen LogP contribution >= 0.6 is 0 Å². The number of methoxy groups -OCH3 is 1. The highest BCUT2D eigenvalue weighted by molar-refractivity contribution is 5.74. The third-order valence-corrected chi connectivity index (χ3v) is 4.42.